The van der Waals surface area contributed by atoms with Crippen LogP contribution in [-0.2, 0) is 14.2 Å². The van der Waals surface area contributed by atoms with E-state index < -0.39 is 0 Å². The largest absolute Gasteiger partial charge is 0.381 e. The van der Waals surface area contributed by atoms with Crippen molar-refractivity contribution in [2.75, 3.05) is 21.3 Å². The van der Waals surface area contributed by atoms with Gasteiger partial charge in [0, 0.05) is 27.8 Å². The second kappa shape index (κ2) is 4.80. The summed E-state index contributed by atoms with van der Waals surface area (Å²) in [5.41, 5.74) is 0. The average Bonchev–Trinajstić information content (AvgIpc) is 2.16. The Morgan fingerprint density at radius 2 is 1.67 bits per heavy atom. The van der Waals surface area contributed by atoms with Gasteiger partial charge in [-0.05, 0) is 12.8 Å². The number of rotatable bonds is 3. The SMILES string of the molecule is COC1[CH]CC(OC)C(OC)C1. The highest BCUT2D eigenvalue weighted by Crippen LogP contribution is 2.24. The maximum Gasteiger partial charge on any atom is 0.0857 e. The van der Waals surface area contributed by atoms with E-state index in [1.807, 2.05) is 0 Å². The van der Waals surface area contributed by atoms with E-state index in [2.05, 4.69) is 6.42 Å². The van der Waals surface area contributed by atoms with Crippen LogP contribution in [0.1, 0.15) is 12.8 Å². The van der Waals surface area contributed by atoms with Crippen LogP contribution in [0.25, 0.3) is 0 Å². The summed E-state index contributed by atoms with van der Waals surface area (Å²) in [5.74, 6) is 0. The van der Waals surface area contributed by atoms with Crippen molar-refractivity contribution in [2.45, 2.75) is 31.2 Å². The molecule has 1 radical (unpaired) electrons. The molecule has 0 saturated heterocycles. The molecule has 3 unspecified atom stereocenters. The number of ether oxygens (including phenoxy) is 3. The minimum absolute atomic E-state index is 0.171. The van der Waals surface area contributed by atoms with Crippen LogP contribution >= 0.6 is 0 Å². The van der Waals surface area contributed by atoms with Crippen LogP contribution in [0.2, 0.25) is 0 Å². The van der Waals surface area contributed by atoms with Crippen LogP contribution < -0.4 is 0 Å². The summed E-state index contributed by atoms with van der Waals surface area (Å²) in [4.78, 5) is 0. The monoisotopic (exact) mass is 173 g/mol. The van der Waals surface area contributed by atoms with Gasteiger partial charge in [-0.2, -0.15) is 0 Å². The van der Waals surface area contributed by atoms with Gasteiger partial charge in [-0.25, -0.2) is 0 Å². The van der Waals surface area contributed by atoms with Crippen LogP contribution in [-0.4, -0.2) is 39.6 Å². The Morgan fingerprint density at radius 1 is 1.00 bits per heavy atom. The summed E-state index contributed by atoms with van der Waals surface area (Å²) in [7, 11) is 5.16. The molecule has 12 heavy (non-hydrogen) atoms. The van der Waals surface area contributed by atoms with Gasteiger partial charge in [0.1, 0.15) is 0 Å². The topological polar surface area (TPSA) is 27.7 Å². The molecule has 0 aromatic carbocycles. The molecule has 0 aromatic heterocycles. The molecular formula is C9H17O3. The van der Waals surface area contributed by atoms with Gasteiger partial charge in [0.25, 0.3) is 0 Å². The molecule has 71 valence electrons. The Labute approximate surface area is 74.0 Å². The van der Waals surface area contributed by atoms with Gasteiger partial charge in [-0.15, -0.1) is 0 Å². The van der Waals surface area contributed by atoms with E-state index in [0.29, 0.717) is 0 Å². The fourth-order valence-electron chi connectivity index (χ4n) is 1.60. The van der Waals surface area contributed by atoms with E-state index in [-0.39, 0.29) is 18.3 Å². The standard InChI is InChI=1S/C9H17O3/c1-10-7-4-5-8(11-2)9(6-7)12-3/h4,7-9H,5-6H2,1-3H3. The molecule has 0 spiro atoms. The van der Waals surface area contributed by atoms with Gasteiger partial charge < -0.3 is 14.2 Å². The molecule has 1 rings (SSSR count). The average molecular weight is 173 g/mol. The molecule has 0 bridgehead atoms. The zero-order chi connectivity index (χ0) is 8.97. The van der Waals surface area contributed by atoms with Crippen molar-refractivity contribution in [1.82, 2.24) is 0 Å². The first kappa shape index (κ1) is 9.96. The minimum Gasteiger partial charge on any atom is -0.381 e. The first-order valence-corrected chi connectivity index (χ1v) is 4.23. The predicted molar refractivity (Wildman–Crippen MR) is 45.9 cm³/mol. The summed E-state index contributed by atoms with van der Waals surface area (Å²) < 4.78 is 15.8. The maximum atomic E-state index is 5.30. The summed E-state index contributed by atoms with van der Waals surface area (Å²) >= 11 is 0. The van der Waals surface area contributed by atoms with Gasteiger partial charge >= 0.3 is 0 Å². The maximum absolute atomic E-state index is 5.30. The summed E-state index contributed by atoms with van der Waals surface area (Å²) in [6, 6.07) is 0. The normalized spacial score (nSPS) is 36.8. The van der Waals surface area contributed by atoms with Gasteiger partial charge in [-0.1, -0.05) is 0 Å². The molecule has 3 heteroatoms. The highest BCUT2D eigenvalue weighted by molar-refractivity contribution is 4.92. The number of hydrogen-bond donors (Lipinski definition) is 0. The molecule has 0 amide bonds. The van der Waals surface area contributed by atoms with Crippen LogP contribution in [0.4, 0.5) is 0 Å². The molecule has 1 aliphatic rings. The zero-order valence-electron chi connectivity index (χ0n) is 7.95. The van der Waals surface area contributed by atoms with Crippen molar-refractivity contribution in [3.8, 4) is 0 Å². The number of hydrogen-bond acceptors (Lipinski definition) is 3. The van der Waals surface area contributed by atoms with Gasteiger partial charge in [0.15, 0.2) is 0 Å². The lowest BCUT2D eigenvalue weighted by atomic mass is 9.92. The summed E-state index contributed by atoms with van der Waals surface area (Å²) in [6.07, 6.45) is 4.54. The van der Waals surface area contributed by atoms with Gasteiger partial charge in [-0.3, -0.25) is 0 Å². The van der Waals surface area contributed by atoms with Crippen molar-refractivity contribution in [1.29, 1.82) is 0 Å². The van der Waals surface area contributed by atoms with Crippen molar-refractivity contribution >= 4 is 0 Å². The molecule has 1 saturated carbocycles. The molecule has 3 atom stereocenters. The zero-order valence-corrected chi connectivity index (χ0v) is 7.95. The molecule has 0 N–H and O–H groups in total. The lowest BCUT2D eigenvalue weighted by molar-refractivity contribution is -0.0770. The lowest BCUT2D eigenvalue weighted by Crippen LogP contribution is -2.39. The Bertz CT molecular complexity index is 127. The Hall–Kier alpha value is -0.120. The van der Waals surface area contributed by atoms with Crippen molar-refractivity contribution in [2.24, 2.45) is 0 Å². The molecule has 3 nitrogen and oxygen atoms in total. The highest BCUT2D eigenvalue weighted by atomic mass is 16.5. The van der Waals surface area contributed by atoms with Crippen molar-refractivity contribution in [3.63, 3.8) is 0 Å². The first-order valence-electron chi connectivity index (χ1n) is 4.23. The quantitative estimate of drug-likeness (QED) is 0.638. The van der Waals surface area contributed by atoms with Crippen LogP contribution in [0.15, 0.2) is 0 Å². The second-order valence-electron chi connectivity index (χ2n) is 3.03. The molecular weight excluding hydrogens is 156 g/mol. The van der Waals surface area contributed by atoms with E-state index in [0.717, 1.165) is 12.8 Å². The van der Waals surface area contributed by atoms with Crippen molar-refractivity contribution in [3.05, 3.63) is 6.42 Å². The molecule has 0 heterocycles. The third-order valence-electron chi connectivity index (χ3n) is 2.42. The molecule has 1 aliphatic carbocycles. The summed E-state index contributed by atoms with van der Waals surface area (Å²) in [5, 5.41) is 0. The second-order valence-corrected chi connectivity index (χ2v) is 3.03. The Kier molecular flexibility index (Phi) is 3.98. The van der Waals surface area contributed by atoms with Crippen molar-refractivity contribution < 1.29 is 14.2 Å². The van der Waals surface area contributed by atoms with Crippen LogP contribution in [0.5, 0.6) is 0 Å². The fraction of sp³-hybridized carbons (Fsp3) is 0.889. The van der Waals surface area contributed by atoms with Crippen LogP contribution in [0, 0.1) is 6.42 Å². The Balaban J connectivity index is 2.41. The third-order valence-corrected chi connectivity index (χ3v) is 2.42. The Morgan fingerprint density at radius 3 is 2.17 bits per heavy atom. The summed E-state index contributed by atoms with van der Waals surface area (Å²) in [6.45, 7) is 0. The van der Waals surface area contributed by atoms with E-state index in [9.17, 15) is 0 Å². The van der Waals surface area contributed by atoms with E-state index in [1.54, 1.807) is 21.3 Å². The smallest absolute Gasteiger partial charge is 0.0857 e. The first-order chi connectivity index (χ1) is 5.81. The minimum atomic E-state index is 0.171. The molecule has 0 aromatic rings. The number of methoxy groups -OCH3 is 3. The van der Waals surface area contributed by atoms with Crippen LogP contribution in [0.3, 0.4) is 0 Å². The van der Waals surface area contributed by atoms with Gasteiger partial charge in [0.05, 0.1) is 18.3 Å². The molecule has 1 fully saturated rings. The lowest BCUT2D eigenvalue weighted by Gasteiger charge is -2.33. The van der Waals surface area contributed by atoms with E-state index >= 15 is 0 Å². The highest BCUT2D eigenvalue weighted by Gasteiger charge is 2.30. The molecule has 0 aliphatic heterocycles. The predicted octanol–water partition coefficient (Wildman–Crippen LogP) is 1.03. The van der Waals surface area contributed by atoms with E-state index in [1.165, 1.54) is 0 Å². The van der Waals surface area contributed by atoms with Gasteiger partial charge in [0.2, 0.25) is 0 Å². The third kappa shape index (κ3) is 2.19. The van der Waals surface area contributed by atoms with E-state index in [4.69, 9.17) is 14.2 Å². The fourth-order valence-corrected chi connectivity index (χ4v) is 1.60.